The van der Waals surface area contributed by atoms with Crippen molar-refractivity contribution in [3.63, 3.8) is 0 Å². The number of rotatable bonds is 1. The van der Waals surface area contributed by atoms with Crippen LogP contribution in [-0.4, -0.2) is 12.5 Å². The number of nitrogens with one attached hydrogen (secondary N) is 2. The van der Waals surface area contributed by atoms with Crippen LogP contribution in [0.15, 0.2) is 12.1 Å². The predicted molar refractivity (Wildman–Crippen MR) is 62.6 cm³/mol. The SMILES string of the molecule is O=C1NCc2c1cc(C1CCCN1)cc2C(F)(F)F. The van der Waals surface area contributed by atoms with E-state index >= 15 is 0 Å². The Morgan fingerprint density at radius 2 is 2.05 bits per heavy atom. The first-order chi connectivity index (χ1) is 8.97. The molecule has 3 rings (SSSR count). The first-order valence-electron chi connectivity index (χ1n) is 6.22. The van der Waals surface area contributed by atoms with E-state index in [1.54, 1.807) is 6.07 Å². The minimum absolute atomic E-state index is 0.0403. The molecule has 1 aromatic carbocycles. The van der Waals surface area contributed by atoms with Gasteiger partial charge in [0.05, 0.1) is 5.56 Å². The summed E-state index contributed by atoms with van der Waals surface area (Å²) in [7, 11) is 0. The molecule has 2 N–H and O–H groups in total. The molecule has 1 aromatic rings. The van der Waals surface area contributed by atoms with E-state index in [2.05, 4.69) is 10.6 Å². The monoisotopic (exact) mass is 270 g/mol. The number of carbonyl (C=O) groups excluding carboxylic acids is 1. The average molecular weight is 270 g/mol. The van der Waals surface area contributed by atoms with Crippen molar-refractivity contribution in [3.05, 3.63) is 34.4 Å². The van der Waals surface area contributed by atoms with E-state index in [0.29, 0.717) is 5.56 Å². The predicted octanol–water partition coefficient (Wildman–Crippen LogP) is 2.37. The molecule has 2 heterocycles. The zero-order valence-electron chi connectivity index (χ0n) is 10.1. The van der Waals surface area contributed by atoms with Gasteiger partial charge in [-0.1, -0.05) is 0 Å². The Hall–Kier alpha value is -1.56. The average Bonchev–Trinajstić information content (AvgIpc) is 2.97. The standard InChI is InChI=1S/C13H13F3N2O/c14-13(15,16)10-5-7(11-2-1-3-17-11)4-8-9(10)6-18-12(8)19/h4-5,11,17H,1-3,6H2,(H,18,19). The van der Waals surface area contributed by atoms with E-state index in [9.17, 15) is 18.0 Å². The van der Waals surface area contributed by atoms with Gasteiger partial charge >= 0.3 is 6.18 Å². The van der Waals surface area contributed by atoms with Crippen LogP contribution >= 0.6 is 0 Å². The largest absolute Gasteiger partial charge is 0.416 e. The molecule has 2 aliphatic heterocycles. The Balaban J connectivity index is 2.13. The molecule has 1 amide bonds. The highest BCUT2D eigenvalue weighted by molar-refractivity contribution is 5.99. The second-order valence-electron chi connectivity index (χ2n) is 4.92. The Bertz CT molecular complexity index is 533. The van der Waals surface area contributed by atoms with Gasteiger partial charge in [-0.3, -0.25) is 4.79 Å². The Morgan fingerprint density at radius 3 is 2.68 bits per heavy atom. The Labute approximate surface area is 108 Å². The Kier molecular flexibility index (Phi) is 2.78. The number of fused-ring (bicyclic) bond motifs is 1. The lowest BCUT2D eigenvalue weighted by molar-refractivity contribution is -0.138. The van der Waals surface area contributed by atoms with Gasteiger partial charge in [-0.25, -0.2) is 0 Å². The van der Waals surface area contributed by atoms with Crippen molar-refractivity contribution >= 4 is 5.91 Å². The third-order valence-electron chi connectivity index (χ3n) is 3.71. The van der Waals surface area contributed by atoms with E-state index in [-0.39, 0.29) is 23.7 Å². The number of hydrogen-bond acceptors (Lipinski definition) is 2. The summed E-state index contributed by atoms with van der Waals surface area (Å²) in [5, 5.41) is 5.61. The molecule has 3 nitrogen and oxygen atoms in total. The molecule has 1 saturated heterocycles. The van der Waals surface area contributed by atoms with Crippen LogP contribution in [0.1, 0.15) is 45.9 Å². The van der Waals surface area contributed by atoms with Crippen molar-refractivity contribution in [2.75, 3.05) is 6.54 Å². The lowest BCUT2D eigenvalue weighted by atomic mass is 9.95. The fourth-order valence-corrected chi connectivity index (χ4v) is 2.77. The first-order valence-corrected chi connectivity index (χ1v) is 6.22. The normalized spacial score (nSPS) is 22.5. The molecule has 0 bridgehead atoms. The molecule has 1 unspecified atom stereocenters. The highest BCUT2D eigenvalue weighted by Crippen LogP contribution is 2.38. The lowest BCUT2D eigenvalue weighted by Gasteiger charge is -2.17. The van der Waals surface area contributed by atoms with Crippen molar-refractivity contribution in [3.8, 4) is 0 Å². The zero-order chi connectivity index (χ0) is 13.6. The van der Waals surface area contributed by atoms with E-state index in [0.717, 1.165) is 19.4 Å². The molecular weight excluding hydrogens is 257 g/mol. The van der Waals surface area contributed by atoms with Crippen molar-refractivity contribution in [1.82, 2.24) is 10.6 Å². The van der Waals surface area contributed by atoms with Gasteiger partial charge in [0.25, 0.3) is 5.91 Å². The van der Waals surface area contributed by atoms with Crippen LogP contribution in [0.5, 0.6) is 0 Å². The number of carbonyl (C=O) groups is 1. The third kappa shape index (κ3) is 2.10. The van der Waals surface area contributed by atoms with Crippen LogP contribution < -0.4 is 10.6 Å². The van der Waals surface area contributed by atoms with E-state index < -0.39 is 17.6 Å². The molecule has 1 fully saturated rings. The molecule has 0 radical (unpaired) electrons. The van der Waals surface area contributed by atoms with Crippen LogP contribution in [0.25, 0.3) is 0 Å². The second kappa shape index (κ2) is 4.23. The third-order valence-corrected chi connectivity index (χ3v) is 3.71. The molecule has 0 spiro atoms. The molecule has 2 aliphatic rings. The van der Waals surface area contributed by atoms with Gasteiger partial charge in [-0.15, -0.1) is 0 Å². The number of hydrogen-bond donors (Lipinski definition) is 2. The summed E-state index contributed by atoms with van der Waals surface area (Å²) in [4.78, 5) is 11.6. The number of halogens is 3. The zero-order valence-corrected chi connectivity index (χ0v) is 10.1. The summed E-state index contributed by atoms with van der Waals surface area (Å²) < 4.78 is 39.2. The van der Waals surface area contributed by atoms with Gasteiger partial charge in [-0.05, 0) is 42.6 Å². The summed E-state index contributed by atoms with van der Waals surface area (Å²) in [5.41, 5.74) is 0.102. The van der Waals surface area contributed by atoms with E-state index in [1.165, 1.54) is 6.07 Å². The molecule has 0 saturated carbocycles. The lowest BCUT2D eigenvalue weighted by Crippen LogP contribution is -2.16. The van der Waals surface area contributed by atoms with Crippen LogP contribution in [0.3, 0.4) is 0 Å². The Morgan fingerprint density at radius 1 is 1.26 bits per heavy atom. The summed E-state index contributed by atoms with van der Waals surface area (Å²) >= 11 is 0. The quantitative estimate of drug-likeness (QED) is 0.822. The topological polar surface area (TPSA) is 41.1 Å². The van der Waals surface area contributed by atoms with Crippen molar-refractivity contribution in [2.24, 2.45) is 0 Å². The molecule has 19 heavy (non-hydrogen) atoms. The number of amides is 1. The minimum atomic E-state index is -4.43. The highest BCUT2D eigenvalue weighted by atomic mass is 19.4. The van der Waals surface area contributed by atoms with Gasteiger partial charge in [0.15, 0.2) is 0 Å². The maximum atomic E-state index is 13.1. The van der Waals surface area contributed by atoms with E-state index in [4.69, 9.17) is 0 Å². The van der Waals surface area contributed by atoms with Crippen molar-refractivity contribution in [2.45, 2.75) is 31.6 Å². The van der Waals surface area contributed by atoms with Gasteiger partial charge < -0.3 is 10.6 Å². The number of alkyl halides is 3. The van der Waals surface area contributed by atoms with Gasteiger partial charge in [0.2, 0.25) is 0 Å². The fourth-order valence-electron chi connectivity index (χ4n) is 2.77. The van der Waals surface area contributed by atoms with Crippen LogP contribution in [0, 0.1) is 0 Å². The van der Waals surface area contributed by atoms with Crippen LogP contribution in [0.4, 0.5) is 13.2 Å². The van der Waals surface area contributed by atoms with Crippen molar-refractivity contribution in [1.29, 1.82) is 0 Å². The summed E-state index contributed by atoms with van der Waals surface area (Å²) in [6.45, 7) is 0.761. The summed E-state index contributed by atoms with van der Waals surface area (Å²) in [6.07, 6.45) is -2.68. The first kappa shape index (κ1) is 12.5. The maximum absolute atomic E-state index is 13.1. The smallest absolute Gasteiger partial charge is 0.348 e. The molecule has 0 aromatic heterocycles. The minimum Gasteiger partial charge on any atom is -0.348 e. The van der Waals surface area contributed by atoms with Crippen LogP contribution in [-0.2, 0) is 12.7 Å². The van der Waals surface area contributed by atoms with Gasteiger partial charge in [0.1, 0.15) is 0 Å². The van der Waals surface area contributed by atoms with E-state index in [1.807, 2.05) is 0 Å². The molecule has 102 valence electrons. The van der Waals surface area contributed by atoms with Gasteiger partial charge in [0, 0.05) is 18.2 Å². The molecule has 1 atom stereocenters. The number of benzene rings is 1. The van der Waals surface area contributed by atoms with Crippen LogP contribution in [0.2, 0.25) is 0 Å². The summed E-state index contributed by atoms with van der Waals surface area (Å²) in [6, 6.07) is 2.69. The second-order valence-corrected chi connectivity index (χ2v) is 4.92. The highest BCUT2D eigenvalue weighted by Gasteiger charge is 2.38. The molecular formula is C13H13F3N2O. The molecule has 0 aliphatic carbocycles. The van der Waals surface area contributed by atoms with Crippen molar-refractivity contribution < 1.29 is 18.0 Å². The fraction of sp³-hybridized carbons (Fsp3) is 0.462. The van der Waals surface area contributed by atoms with Gasteiger partial charge in [-0.2, -0.15) is 13.2 Å². The summed E-state index contributed by atoms with van der Waals surface area (Å²) in [5.74, 6) is -0.416. The maximum Gasteiger partial charge on any atom is 0.416 e. The molecule has 6 heteroatoms.